The van der Waals surface area contributed by atoms with Gasteiger partial charge >= 0.3 is 5.97 Å². The molecule has 0 aliphatic heterocycles. The van der Waals surface area contributed by atoms with Crippen LogP contribution in [-0.2, 0) is 17.8 Å². The van der Waals surface area contributed by atoms with Gasteiger partial charge < -0.3 is 10.4 Å². The second kappa shape index (κ2) is 6.47. The second-order valence-electron chi connectivity index (χ2n) is 4.32. The average Bonchev–Trinajstić information content (AvgIpc) is 2.46. The fourth-order valence-corrected chi connectivity index (χ4v) is 1.72. The molecule has 5 nitrogen and oxygen atoms in total. The van der Waals surface area contributed by atoms with Crippen LogP contribution in [0.4, 0.5) is 0 Å². The molecular formula is C15H14N2O3. The van der Waals surface area contributed by atoms with Crippen LogP contribution < -0.4 is 5.32 Å². The third kappa shape index (κ3) is 3.91. The lowest BCUT2D eigenvalue weighted by Crippen LogP contribution is -2.24. The van der Waals surface area contributed by atoms with E-state index in [1.807, 2.05) is 6.07 Å². The Morgan fingerprint density at radius 3 is 2.45 bits per heavy atom. The first kappa shape index (κ1) is 13.7. The van der Waals surface area contributed by atoms with Gasteiger partial charge in [-0.15, -0.1) is 0 Å². The van der Waals surface area contributed by atoms with Crippen molar-refractivity contribution in [3.05, 3.63) is 65.5 Å². The van der Waals surface area contributed by atoms with Crippen molar-refractivity contribution >= 4 is 11.9 Å². The monoisotopic (exact) mass is 270 g/mol. The predicted molar refractivity (Wildman–Crippen MR) is 73.2 cm³/mol. The molecule has 1 aromatic carbocycles. The predicted octanol–water partition coefficient (Wildman–Crippen LogP) is 1.64. The largest absolute Gasteiger partial charge is 0.478 e. The van der Waals surface area contributed by atoms with Crippen LogP contribution in [0.15, 0.2) is 48.8 Å². The van der Waals surface area contributed by atoms with Gasteiger partial charge in [0.25, 0.3) is 0 Å². The number of hydrogen-bond acceptors (Lipinski definition) is 3. The summed E-state index contributed by atoms with van der Waals surface area (Å²) in [5.41, 5.74) is 1.94. The van der Waals surface area contributed by atoms with Crippen molar-refractivity contribution in [2.75, 3.05) is 0 Å². The number of carbonyl (C=O) groups is 2. The lowest BCUT2D eigenvalue weighted by molar-refractivity contribution is -0.120. The van der Waals surface area contributed by atoms with Gasteiger partial charge in [0.05, 0.1) is 12.0 Å². The summed E-state index contributed by atoms with van der Waals surface area (Å²) in [6.45, 7) is 0.374. The molecule has 1 heterocycles. The van der Waals surface area contributed by atoms with Crippen LogP contribution in [0.2, 0.25) is 0 Å². The van der Waals surface area contributed by atoms with Crippen molar-refractivity contribution in [1.82, 2.24) is 10.3 Å². The van der Waals surface area contributed by atoms with Crippen LogP contribution in [0.5, 0.6) is 0 Å². The molecule has 1 amide bonds. The molecule has 2 rings (SSSR count). The summed E-state index contributed by atoms with van der Waals surface area (Å²) < 4.78 is 0. The summed E-state index contributed by atoms with van der Waals surface area (Å²) in [6, 6.07) is 10.0. The Morgan fingerprint density at radius 2 is 1.85 bits per heavy atom. The van der Waals surface area contributed by atoms with Crippen molar-refractivity contribution in [2.24, 2.45) is 0 Å². The minimum Gasteiger partial charge on any atom is -0.478 e. The molecule has 102 valence electrons. The van der Waals surface area contributed by atoms with E-state index in [-0.39, 0.29) is 17.9 Å². The fourth-order valence-electron chi connectivity index (χ4n) is 1.72. The van der Waals surface area contributed by atoms with Gasteiger partial charge in [-0.3, -0.25) is 9.78 Å². The molecule has 20 heavy (non-hydrogen) atoms. The third-order valence-corrected chi connectivity index (χ3v) is 2.78. The Hall–Kier alpha value is -2.69. The van der Waals surface area contributed by atoms with Crippen LogP contribution in [-0.4, -0.2) is 22.0 Å². The first-order valence-electron chi connectivity index (χ1n) is 6.13. The minimum atomic E-state index is -0.961. The zero-order chi connectivity index (χ0) is 14.4. The molecule has 0 fully saturated rings. The molecule has 0 radical (unpaired) electrons. The SMILES string of the molecule is O=C(Cc1cccnc1)NCc1ccc(C(=O)O)cc1. The van der Waals surface area contributed by atoms with Crippen LogP contribution in [0.3, 0.4) is 0 Å². The molecule has 2 N–H and O–H groups in total. The van der Waals surface area contributed by atoms with E-state index in [1.54, 1.807) is 30.6 Å². The third-order valence-electron chi connectivity index (χ3n) is 2.78. The van der Waals surface area contributed by atoms with Crippen molar-refractivity contribution in [3.8, 4) is 0 Å². The number of aromatic nitrogens is 1. The average molecular weight is 270 g/mol. The Balaban J connectivity index is 1.85. The Morgan fingerprint density at radius 1 is 1.10 bits per heavy atom. The lowest BCUT2D eigenvalue weighted by Gasteiger charge is -2.05. The number of nitrogens with one attached hydrogen (secondary N) is 1. The quantitative estimate of drug-likeness (QED) is 0.865. The molecular weight excluding hydrogens is 256 g/mol. The summed E-state index contributed by atoms with van der Waals surface area (Å²) in [5, 5.41) is 11.6. The normalized spacial score (nSPS) is 10.0. The maximum absolute atomic E-state index is 11.7. The van der Waals surface area contributed by atoms with Gasteiger partial charge in [-0.05, 0) is 29.3 Å². The highest BCUT2D eigenvalue weighted by atomic mass is 16.4. The van der Waals surface area contributed by atoms with Crippen molar-refractivity contribution in [2.45, 2.75) is 13.0 Å². The molecule has 5 heteroatoms. The molecule has 0 unspecified atom stereocenters. The number of pyridine rings is 1. The molecule has 0 saturated carbocycles. The van der Waals surface area contributed by atoms with Gasteiger partial charge in [-0.1, -0.05) is 18.2 Å². The van der Waals surface area contributed by atoms with Crippen molar-refractivity contribution in [1.29, 1.82) is 0 Å². The molecule has 2 aromatic rings. The zero-order valence-electron chi connectivity index (χ0n) is 10.7. The molecule has 0 spiro atoms. The van der Waals surface area contributed by atoms with E-state index in [9.17, 15) is 9.59 Å². The standard InChI is InChI=1S/C15H14N2O3/c18-14(8-12-2-1-7-16-9-12)17-10-11-3-5-13(6-4-11)15(19)20/h1-7,9H,8,10H2,(H,17,18)(H,19,20). The van der Waals surface area contributed by atoms with Crippen molar-refractivity contribution in [3.63, 3.8) is 0 Å². The smallest absolute Gasteiger partial charge is 0.335 e. The summed E-state index contributed by atoms with van der Waals surface area (Å²) in [7, 11) is 0. The number of amides is 1. The van der Waals surface area contributed by atoms with Gasteiger partial charge in [0.15, 0.2) is 0 Å². The first-order valence-corrected chi connectivity index (χ1v) is 6.13. The van der Waals surface area contributed by atoms with Crippen LogP contribution >= 0.6 is 0 Å². The number of benzene rings is 1. The summed E-state index contributed by atoms with van der Waals surface area (Å²) in [6.07, 6.45) is 3.59. The van der Waals surface area contributed by atoms with Crippen LogP contribution in [0.1, 0.15) is 21.5 Å². The van der Waals surface area contributed by atoms with E-state index < -0.39 is 5.97 Å². The van der Waals surface area contributed by atoms with E-state index in [0.717, 1.165) is 11.1 Å². The minimum absolute atomic E-state index is 0.0969. The topological polar surface area (TPSA) is 79.3 Å². The highest BCUT2D eigenvalue weighted by Crippen LogP contribution is 2.04. The van der Waals surface area contributed by atoms with Crippen LogP contribution in [0, 0.1) is 0 Å². The molecule has 0 aliphatic rings. The van der Waals surface area contributed by atoms with Gasteiger partial charge in [0, 0.05) is 18.9 Å². The summed E-state index contributed by atoms with van der Waals surface area (Å²) >= 11 is 0. The number of nitrogens with zero attached hydrogens (tertiary/aromatic N) is 1. The molecule has 0 aliphatic carbocycles. The lowest BCUT2D eigenvalue weighted by atomic mass is 10.1. The molecule has 1 aromatic heterocycles. The molecule has 0 bridgehead atoms. The molecule has 0 atom stereocenters. The summed E-state index contributed by atoms with van der Waals surface area (Å²) in [5.74, 6) is -1.06. The summed E-state index contributed by atoms with van der Waals surface area (Å²) in [4.78, 5) is 26.4. The Kier molecular flexibility index (Phi) is 4.44. The highest BCUT2D eigenvalue weighted by molar-refractivity contribution is 5.87. The maximum atomic E-state index is 11.7. The van der Waals surface area contributed by atoms with Crippen molar-refractivity contribution < 1.29 is 14.7 Å². The van der Waals surface area contributed by atoms with Gasteiger partial charge in [-0.2, -0.15) is 0 Å². The number of carboxylic acids is 1. The van der Waals surface area contributed by atoms with E-state index in [4.69, 9.17) is 5.11 Å². The number of aromatic carboxylic acids is 1. The first-order chi connectivity index (χ1) is 9.65. The van der Waals surface area contributed by atoms with Gasteiger partial charge in [0.2, 0.25) is 5.91 Å². The van der Waals surface area contributed by atoms with Gasteiger partial charge in [0.1, 0.15) is 0 Å². The Bertz CT molecular complexity index is 594. The number of rotatable bonds is 5. The number of carbonyl (C=O) groups excluding carboxylic acids is 1. The van der Waals surface area contributed by atoms with Gasteiger partial charge in [-0.25, -0.2) is 4.79 Å². The van der Waals surface area contributed by atoms with E-state index in [2.05, 4.69) is 10.3 Å². The number of carboxylic acid groups (broad SMARTS) is 1. The maximum Gasteiger partial charge on any atom is 0.335 e. The molecule has 0 saturated heterocycles. The van der Waals surface area contributed by atoms with E-state index in [1.165, 1.54) is 12.1 Å². The fraction of sp³-hybridized carbons (Fsp3) is 0.133. The van der Waals surface area contributed by atoms with E-state index >= 15 is 0 Å². The second-order valence-corrected chi connectivity index (χ2v) is 4.32. The highest BCUT2D eigenvalue weighted by Gasteiger charge is 2.04. The van der Waals surface area contributed by atoms with Crippen LogP contribution in [0.25, 0.3) is 0 Å². The Labute approximate surface area is 116 Å². The zero-order valence-corrected chi connectivity index (χ0v) is 10.7. The van der Waals surface area contributed by atoms with E-state index in [0.29, 0.717) is 6.54 Å². The number of hydrogen-bond donors (Lipinski definition) is 2.